The van der Waals surface area contributed by atoms with Gasteiger partial charge in [0.2, 0.25) is 0 Å². The molecule has 0 saturated heterocycles. The van der Waals surface area contributed by atoms with Crippen LogP contribution >= 0.6 is 22.6 Å². The highest BCUT2D eigenvalue weighted by molar-refractivity contribution is 14.1. The second kappa shape index (κ2) is 5.98. The van der Waals surface area contributed by atoms with E-state index in [9.17, 15) is 4.79 Å². The predicted octanol–water partition coefficient (Wildman–Crippen LogP) is 1.37. The van der Waals surface area contributed by atoms with E-state index >= 15 is 0 Å². The lowest BCUT2D eigenvalue weighted by Crippen LogP contribution is -2.26. The van der Waals surface area contributed by atoms with E-state index in [2.05, 4.69) is 27.9 Å². The van der Waals surface area contributed by atoms with Crippen LogP contribution < -0.4 is 11.1 Å². The number of hydrogen-bond acceptors (Lipinski definition) is 2. The van der Waals surface area contributed by atoms with Crippen LogP contribution in [-0.2, 0) is 0 Å². The van der Waals surface area contributed by atoms with Crippen molar-refractivity contribution in [3.05, 3.63) is 33.4 Å². The van der Waals surface area contributed by atoms with Crippen molar-refractivity contribution in [3.8, 4) is 0 Å². The molecule has 1 aromatic rings. The quantitative estimate of drug-likeness (QED) is 0.652. The van der Waals surface area contributed by atoms with Crippen molar-refractivity contribution < 1.29 is 4.79 Å². The number of benzene rings is 1. The van der Waals surface area contributed by atoms with Crippen molar-refractivity contribution in [2.75, 3.05) is 13.1 Å². The smallest absolute Gasteiger partial charge is 0.252 e. The Bertz CT molecular complexity index is 315. The topological polar surface area (TPSA) is 55.1 Å². The number of carbonyl (C=O) groups is 1. The van der Waals surface area contributed by atoms with E-state index in [4.69, 9.17) is 5.73 Å². The fraction of sp³-hybridized carbons (Fsp3) is 0.300. The summed E-state index contributed by atoms with van der Waals surface area (Å²) >= 11 is 2.15. The molecule has 4 heteroatoms. The molecule has 0 fully saturated rings. The van der Waals surface area contributed by atoms with E-state index in [1.807, 2.05) is 24.3 Å². The van der Waals surface area contributed by atoms with Crippen LogP contribution in [0.5, 0.6) is 0 Å². The number of carbonyl (C=O) groups excluding carboxylic acids is 1. The van der Waals surface area contributed by atoms with Gasteiger partial charge in [-0.25, -0.2) is 0 Å². The molecule has 1 amide bonds. The highest BCUT2D eigenvalue weighted by atomic mass is 127. The molecule has 0 aromatic heterocycles. The van der Waals surface area contributed by atoms with Gasteiger partial charge in [0.05, 0.1) is 5.56 Å². The van der Waals surface area contributed by atoms with Crippen LogP contribution in [0.1, 0.15) is 16.8 Å². The Balaban J connectivity index is 2.56. The van der Waals surface area contributed by atoms with E-state index in [1.54, 1.807) is 0 Å². The molecule has 0 unspecified atom stereocenters. The highest BCUT2D eigenvalue weighted by Gasteiger charge is 2.07. The summed E-state index contributed by atoms with van der Waals surface area (Å²) in [5, 5.41) is 2.82. The summed E-state index contributed by atoms with van der Waals surface area (Å²) in [5.74, 6) is -0.0246. The lowest BCUT2D eigenvalue weighted by atomic mass is 10.2. The SMILES string of the molecule is NCCCNC(=O)c1ccccc1I. The first-order chi connectivity index (χ1) is 6.75. The summed E-state index contributed by atoms with van der Waals surface area (Å²) in [5.41, 5.74) is 6.06. The molecule has 3 N–H and O–H groups in total. The zero-order valence-electron chi connectivity index (χ0n) is 7.79. The third kappa shape index (κ3) is 3.26. The summed E-state index contributed by atoms with van der Waals surface area (Å²) in [7, 11) is 0. The Morgan fingerprint density at radius 1 is 1.43 bits per heavy atom. The summed E-state index contributed by atoms with van der Waals surface area (Å²) in [6.07, 6.45) is 0.815. The van der Waals surface area contributed by atoms with Gasteiger partial charge in [0.1, 0.15) is 0 Å². The summed E-state index contributed by atoms with van der Waals surface area (Å²) in [4.78, 5) is 11.6. The zero-order chi connectivity index (χ0) is 10.4. The van der Waals surface area contributed by atoms with Crippen molar-refractivity contribution in [1.29, 1.82) is 0 Å². The van der Waals surface area contributed by atoms with Gasteiger partial charge in [0, 0.05) is 10.1 Å². The third-order valence-corrected chi connectivity index (χ3v) is 2.73. The highest BCUT2D eigenvalue weighted by Crippen LogP contribution is 2.10. The average Bonchev–Trinajstić information content (AvgIpc) is 2.18. The van der Waals surface area contributed by atoms with E-state index in [-0.39, 0.29) is 5.91 Å². The van der Waals surface area contributed by atoms with Gasteiger partial charge >= 0.3 is 0 Å². The van der Waals surface area contributed by atoms with Gasteiger partial charge in [-0.2, -0.15) is 0 Å². The lowest BCUT2D eigenvalue weighted by Gasteiger charge is -2.05. The second-order valence-corrected chi connectivity index (χ2v) is 4.04. The van der Waals surface area contributed by atoms with Crippen LogP contribution in [0.25, 0.3) is 0 Å². The zero-order valence-corrected chi connectivity index (χ0v) is 9.95. The second-order valence-electron chi connectivity index (χ2n) is 2.88. The molecule has 0 spiro atoms. The van der Waals surface area contributed by atoms with Crippen molar-refractivity contribution in [2.24, 2.45) is 5.73 Å². The number of rotatable bonds is 4. The van der Waals surface area contributed by atoms with Gasteiger partial charge in [-0.05, 0) is 47.7 Å². The molecule has 0 saturated carbocycles. The van der Waals surface area contributed by atoms with Gasteiger partial charge in [-0.1, -0.05) is 12.1 Å². The third-order valence-electron chi connectivity index (χ3n) is 1.78. The Labute approximate surface area is 97.2 Å². The Morgan fingerprint density at radius 2 is 2.14 bits per heavy atom. The molecule has 14 heavy (non-hydrogen) atoms. The van der Waals surface area contributed by atoms with E-state index < -0.39 is 0 Å². The Hall–Kier alpha value is -0.620. The molecule has 1 aromatic carbocycles. The maximum atomic E-state index is 11.6. The first-order valence-corrected chi connectivity index (χ1v) is 5.56. The molecule has 3 nitrogen and oxygen atoms in total. The van der Waals surface area contributed by atoms with Crippen LogP contribution in [0.4, 0.5) is 0 Å². The van der Waals surface area contributed by atoms with Crippen LogP contribution in [0.15, 0.2) is 24.3 Å². The number of halogens is 1. The molecule has 0 aliphatic rings. The molecule has 0 bridgehead atoms. The van der Waals surface area contributed by atoms with Gasteiger partial charge in [0.25, 0.3) is 5.91 Å². The summed E-state index contributed by atoms with van der Waals surface area (Å²) in [6.45, 7) is 1.24. The van der Waals surface area contributed by atoms with Crippen LogP contribution in [0, 0.1) is 3.57 Å². The molecule has 0 aliphatic carbocycles. The van der Waals surface area contributed by atoms with Crippen molar-refractivity contribution in [3.63, 3.8) is 0 Å². The molecule has 0 radical (unpaired) electrons. The fourth-order valence-corrected chi connectivity index (χ4v) is 1.68. The number of nitrogens with one attached hydrogen (secondary N) is 1. The Morgan fingerprint density at radius 3 is 2.79 bits per heavy atom. The van der Waals surface area contributed by atoms with Crippen molar-refractivity contribution >= 4 is 28.5 Å². The van der Waals surface area contributed by atoms with Crippen LogP contribution in [0.3, 0.4) is 0 Å². The normalized spacial score (nSPS) is 9.86. The number of hydrogen-bond donors (Lipinski definition) is 2. The monoisotopic (exact) mass is 304 g/mol. The molecule has 0 aliphatic heterocycles. The van der Waals surface area contributed by atoms with E-state index in [0.717, 1.165) is 15.6 Å². The Kier molecular flexibility index (Phi) is 4.89. The van der Waals surface area contributed by atoms with Crippen molar-refractivity contribution in [2.45, 2.75) is 6.42 Å². The van der Waals surface area contributed by atoms with Crippen LogP contribution in [0.2, 0.25) is 0 Å². The maximum absolute atomic E-state index is 11.6. The number of amides is 1. The predicted molar refractivity (Wildman–Crippen MR) is 65.2 cm³/mol. The first-order valence-electron chi connectivity index (χ1n) is 4.48. The van der Waals surface area contributed by atoms with Crippen LogP contribution in [-0.4, -0.2) is 19.0 Å². The van der Waals surface area contributed by atoms with Gasteiger partial charge in [-0.15, -0.1) is 0 Å². The van der Waals surface area contributed by atoms with Crippen molar-refractivity contribution in [1.82, 2.24) is 5.32 Å². The number of nitrogens with two attached hydrogens (primary N) is 1. The minimum absolute atomic E-state index is 0.0246. The molecule has 1 rings (SSSR count). The minimum atomic E-state index is -0.0246. The molecular formula is C10H13IN2O. The maximum Gasteiger partial charge on any atom is 0.252 e. The van der Waals surface area contributed by atoms with E-state index in [0.29, 0.717) is 13.1 Å². The minimum Gasteiger partial charge on any atom is -0.352 e. The molecular weight excluding hydrogens is 291 g/mol. The fourth-order valence-electron chi connectivity index (χ4n) is 1.04. The summed E-state index contributed by atoms with van der Waals surface area (Å²) < 4.78 is 0.968. The molecule has 0 atom stereocenters. The van der Waals surface area contributed by atoms with E-state index in [1.165, 1.54) is 0 Å². The standard InChI is InChI=1S/C10H13IN2O/c11-9-5-2-1-4-8(9)10(14)13-7-3-6-12/h1-2,4-5H,3,6-7,12H2,(H,13,14). The van der Waals surface area contributed by atoms with Gasteiger partial charge in [-0.3, -0.25) is 4.79 Å². The van der Waals surface area contributed by atoms with Gasteiger partial charge in [0.15, 0.2) is 0 Å². The summed E-state index contributed by atoms with van der Waals surface area (Å²) in [6, 6.07) is 7.51. The lowest BCUT2D eigenvalue weighted by molar-refractivity contribution is 0.0952. The van der Waals surface area contributed by atoms with Gasteiger partial charge < -0.3 is 11.1 Å². The molecule has 76 valence electrons. The molecule has 0 heterocycles. The first kappa shape index (κ1) is 11.5. The largest absolute Gasteiger partial charge is 0.352 e. The average molecular weight is 304 g/mol.